The van der Waals surface area contributed by atoms with Gasteiger partial charge in [0.05, 0.1) is 17.4 Å². The molecule has 0 spiro atoms. The van der Waals surface area contributed by atoms with Gasteiger partial charge in [-0.2, -0.15) is 0 Å². The number of amides is 1. The van der Waals surface area contributed by atoms with Gasteiger partial charge >= 0.3 is 0 Å². The van der Waals surface area contributed by atoms with Crippen molar-refractivity contribution in [1.29, 1.82) is 0 Å². The highest BCUT2D eigenvalue weighted by molar-refractivity contribution is 5.79. The Bertz CT molecular complexity index is 610. The molecule has 0 saturated carbocycles. The maximum absolute atomic E-state index is 11.9. The molecule has 1 aromatic carbocycles. The molecule has 0 bridgehead atoms. The van der Waals surface area contributed by atoms with Gasteiger partial charge < -0.3 is 10.3 Å². The number of aromatic amines is 1. The van der Waals surface area contributed by atoms with Gasteiger partial charge in [-0.3, -0.25) is 14.9 Å². The summed E-state index contributed by atoms with van der Waals surface area (Å²) in [4.78, 5) is 29.0. The van der Waals surface area contributed by atoms with Gasteiger partial charge in [0, 0.05) is 24.5 Å². The first-order valence-electron chi connectivity index (χ1n) is 6.08. The Labute approximate surface area is 115 Å². The average Bonchev–Trinajstić information content (AvgIpc) is 2.92. The Kier molecular flexibility index (Phi) is 4.09. The zero-order valence-corrected chi connectivity index (χ0v) is 10.9. The van der Waals surface area contributed by atoms with Gasteiger partial charge in [0.2, 0.25) is 5.91 Å². The van der Waals surface area contributed by atoms with Crippen LogP contribution in [-0.4, -0.2) is 20.8 Å². The third-order valence-corrected chi connectivity index (χ3v) is 2.79. The first kappa shape index (κ1) is 13.7. The van der Waals surface area contributed by atoms with E-state index in [0.717, 1.165) is 0 Å². The van der Waals surface area contributed by atoms with Crippen LogP contribution in [0.3, 0.4) is 0 Å². The van der Waals surface area contributed by atoms with E-state index in [-0.39, 0.29) is 24.1 Å². The molecule has 104 valence electrons. The third kappa shape index (κ3) is 3.41. The summed E-state index contributed by atoms with van der Waals surface area (Å²) >= 11 is 0. The molecule has 1 heterocycles. The van der Waals surface area contributed by atoms with E-state index in [1.54, 1.807) is 24.5 Å². The fourth-order valence-electron chi connectivity index (χ4n) is 1.84. The number of nitrogens with zero attached hydrogens (tertiary/aromatic N) is 2. The molecular weight excluding hydrogens is 260 g/mol. The van der Waals surface area contributed by atoms with Gasteiger partial charge in [-0.1, -0.05) is 12.1 Å². The van der Waals surface area contributed by atoms with E-state index in [0.29, 0.717) is 11.4 Å². The van der Waals surface area contributed by atoms with E-state index in [9.17, 15) is 14.9 Å². The van der Waals surface area contributed by atoms with Crippen LogP contribution in [0, 0.1) is 10.1 Å². The number of benzene rings is 1. The number of nitro groups is 1. The van der Waals surface area contributed by atoms with Gasteiger partial charge in [-0.25, -0.2) is 4.98 Å². The lowest BCUT2D eigenvalue weighted by Gasteiger charge is -2.11. The number of imidazole rings is 1. The number of hydrogen-bond acceptors (Lipinski definition) is 4. The predicted octanol–water partition coefficient (Wildman–Crippen LogP) is 1.74. The summed E-state index contributed by atoms with van der Waals surface area (Å²) in [6.45, 7) is 1.81. The molecule has 7 heteroatoms. The third-order valence-electron chi connectivity index (χ3n) is 2.79. The number of nitrogens with one attached hydrogen (secondary N) is 2. The molecule has 0 fully saturated rings. The van der Waals surface area contributed by atoms with E-state index in [4.69, 9.17) is 0 Å². The summed E-state index contributed by atoms with van der Waals surface area (Å²) in [6.07, 6.45) is 3.38. The minimum absolute atomic E-state index is 0.0191. The maximum atomic E-state index is 11.9. The van der Waals surface area contributed by atoms with Gasteiger partial charge in [0.1, 0.15) is 5.82 Å². The highest BCUT2D eigenvalue weighted by Crippen LogP contribution is 2.14. The molecule has 2 aromatic rings. The zero-order chi connectivity index (χ0) is 14.5. The van der Waals surface area contributed by atoms with Crippen molar-refractivity contribution in [2.24, 2.45) is 0 Å². The van der Waals surface area contributed by atoms with Crippen LogP contribution in [0.4, 0.5) is 5.69 Å². The second-order valence-corrected chi connectivity index (χ2v) is 4.37. The molecule has 0 aliphatic heterocycles. The topological polar surface area (TPSA) is 101 Å². The van der Waals surface area contributed by atoms with Crippen molar-refractivity contribution in [2.75, 3.05) is 0 Å². The predicted molar refractivity (Wildman–Crippen MR) is 71.9 cm³/mol. The molecule has 1 unspecified atom stereocenters. The summed E-state index contributed by atoms with van der Waals surface area (Å²) in [7, 11) is 0. The van der Waals surface area contributed by atoms with Crippen molar-refractivity contribution >= 4 is 11.6 Å². The second-order valence-electron chi connectivity index (χ2n) is 4.37. The van der Waals surface area contributed by atoms with Crippen molar-refractivity contribution in [3.63, 3.8) is 0 Å². The molecule has 2 rings (SSSR count). The molecule has 1 amide bonds. The first-order valence-corrected chi connectivity index (χ1v) is 6.08. The fourth-order valence-corrected chi connectivity index (χ4v) is 1.84. The summed E-state index contributed by atoms with van der Waals surface area (Å²) < 4.78 is 0. The smallest absolute Gasteiger partial charge is 0.269 e. The van der Waals surface area contributed by atoms with Crippen LogP contribution in [0.25, 0.3) is 0 Å². The van der Waals surface area contributed by atoms with Crippen LogP contribution < -0.4 is 5.32 Å². The molecule has 7 nitrogen and oxygen atoms in total. The maximum Gasteiger partial charge on any atom is 0.269 e. The SMILES string of the molecule is CC(NC(=O)Cc1cccc([N+](=O)[O-])c1)c1ncc[nH]1. The fraction of sp³-hybridized carbons (Fsp3) is 0.231. The highest BCUT2D eigenvalue weighted by Gasteiger charge is 2.13. The lowest BCUT2D eigenvalue weighted by Crippen LogP contribution is -2.28. The van der Waals surface area contributed by atoms with Gasteiger partial charge in [0.25, 0.3) is 5.69 Å². The molecule has 20 heavy (non-hydrogen) atoms. The molecular formula is C13H14N4O3. The lowest BCUT2D eigenvalue weighted by molar-refractivity contribution is -0.384. The van der Waals surface area contributed by atoms with Crippen molar-refractivity contribution in [1.82, 2.24) is 15.3 Å². The standard InChI is InChI=1S/C13H14N4O3/c1-9(13-14-5-6-15-13)16-12(18)8-10-3-2-4-11(7-10)17(19)20/h2-7,9H,8H2,1H3,(H,14,15)(H,16,18). The van der Waals surface area contributed by atoms with E-state index in [1.807, 2.05) is 6.92 Å². The van der Waals surface area contributed by atoms with Gasteiger partial charge in [-0.05, 0) is 12.5 Å². The summed E-state index contributed by atoms with van der Waals surface area (Å²) in [5.41, 5.74) is 0.581. The van der Waals surface area contributed by atoms with Crippen LogP contribution in [-0.2, 0) is 11.2 Å². The Morgan fingerprint density at radius 2 is 2.35 bits per heavy atom. The second kappa shape index (κ2) is 5.96. The molecule has 1 aromatic heterocycles. The van der Waals surface area contributed by atoms with Crippen LogP contribution in [0.1, 0.15) is 24.4 Å². The van der Waals surface area contributed by atoms with E-state index >= 15 is 0 Å². The Morgan fingerprint density at radius 1 is 1.55 bits per heavy atom. The number of carbonyl (C=O) groups excluding carboxylic acids is 1. The van der Waals surface area contributed by atoms with Crippen molar-refractivity contribution < 1.29 is 9.72 Å². The van der Waals surface area contributed by atoms with E-state index in [1.165, 1.54) is 12.1 Å². The number of H-pyrrole nitrogens is 1. The minimum atomic E-state index is -0.479. The van der Waals surface area contributed by atoms with Crippen LogP contribution >= 0.6 is 0 Å². The van der Waals surface area contributed by atoms with E-state index in [2.05, 4.69) is 15.3 Å². The zero-order valence-electron chi connectivity index (χ0n) is 10.9. The Hall–Kier alpha value is -2.70. The van der Waals surface area contributed by atoms with E-state index < -0.39 is 4.92 Å². The largest absolute Gasteiger partial charge is 0.347 e. The van der Waals surface area contributed by atoms with Crippen molar-refractivity contribution in [2.45, 2.75) is 19.4 Å². The number of rotatable bonds is 5. The number of aromatic nitrogens is 2. The minimum Gasteiger partial charge on any atom is -0.347 e. The number of non-ortho nitro benzene ring substituents is 1. The molecule has 2 N–H and O–H groups in total. The number of hydrogen-bond donors (Lipinski definition) is 2. The Balaban J connectivity index is 1.98. The van der Waals surface area contributed by atoms with Crippen molar-refractivity contribution in [3.8, 4) is 0 Å². The quantitative estimate of drug-likeness (QED) is 0.640. The van der Waals surface area contributed by atoms with Crippen LogP contribution in [0.15, 0.2) is 36.7 Å². The van der Waals surface area contributed by atoms with Crippen LogP contribution in [0.2, 0.25) is 0 Å². The first-order chi connectivity index (χ1) is 9.56. The Morgan fingerprint density at radius 3 is 3.00 bits per heavy atom. The van der Waals surface area contributed by atoms with Crippen LogP contribution in [0.5, 0.6) is 0 Å². The molecule has 0 radical (unpaired) electrons. The molecule has 0 aliphatic carbocycles. The normalized spacial score (nSPS) is 11.8. The molecule has 1 atom stereocenters. The van der Waals surface area contributed by atoms with Gasteiger partial charge in [-0.15, -0.1) is 0 Å². The molecule has 0 saturated heterocycles. The number of carbonyl (C=O) groups is 1. The summed E-state index contributed by atoms with van der Waals surface area (Å²) in [5, 5.41) is 13.4. The number of nitro benzene ring substituents is 1. The van der Waals surface area contributed by atoms with Crippen molar-refractivity contribution in [3.05, 3.63) is 58.2 Å². The monoisotopic (exact) mass is 274 g/mol. The summed E-state index contributed by atoms with van der Waals surface area (Å²) in [5.74, 6) is 0.451. The highest BCUT2D eigenvalue weighted by atomic mass is 16.6. The summed E-state index contributed by atoms with van der Waals surface area (Å²) in [6, 6.07) is 5.81. The average molecular weight is 274 g/mol. The van der Waals surface area contributed by atoms with Gasteiger partial charge in [0.15, 0.2) is 0 Å². The molecule has 0 aliphatic rings. The lowest BCUT2D eigenvalue weighted by atomic mass is 10.1.